The fourth-order valence-corrected chi connectivity index (χ4v) is 3.80. The van der Waals surface area contributed by atoms with Crippen LogP contribution in [0.3, 0.4) is 0 Å². The first kappa shape index (κ1) is 11.8. The van der Waals surface area contributed by atoms with Crippen molar-refractivity contribution in [2.24, 2.45) is 0 Å². The Labute approximate surface area is 100 Å². The lowest BCUT2D eigenvalue weighted by atomic mass is 10.5. The summed E-state index contributed by atoms with van der Waals surface area (Å²) in [6, 6.07) is 3.22. The first-order chi connectivity index (χ1) is 7.57. The van der Waals surface area contributed by atoms with E-state index in [1.165, 1.54) is 16.6 Å². The summed E-state index contributed by atoms with van der Waals surface area (Å²) in [5, 5.41) is 0.0431. The monoisotopic (exact) mass is 260 g/mol. The van der Waals surface area contributed by atoms with Crippen LogP contribution < -0.4 is 0 Å². The van der Waals surface area contributed by atoms with Gasteiger partial charge >= 0.3 is 0 Å². The van der Waals surface area contributed by atoms with E-state index in [2.05, 4.69) is 4.98 Å². The number of hydrogen-bond acceptors (Lipinski definition) is 3. The molecule has 1 saturated carbocycles. The Morgan fingerprint density at radius 2 is 2.25 bits per heavy atom. The van der Waals surface area contributed by atoms with Gasteiger partial charge in [0, 0.05) is 18.8 Å². The Balaban J connectivity index is 2.41. The summed E-state index contributed by atoms with van der Waals surface area (Å²) in [6.07, 6.45) is 3.35. The maximum Gasteiger partial charge on any atom is 0.246 e. The molecule has 1 aliphatic carbocycles. The van der Waals surface area contributed by atoms with E-state index in [0.717, 1.165) is 12.8 Å². The van der Waals surface area contributed by atoms with Crippen LogP contribution in [-0.2, 0) is 10.0 Å². The fraction of sp³-hybridized carbons (Fsp3) is 0.500. The second-order valence-electron chi connectivity index (χ2n) is 3.73. The van der Waals surface area contributed by atoms with Gasteiger partial charge < -0.3 is 0 Å². The van der Waals surface area contributed by atoms with Gasteiger partial charge in [-0.1, -0.05) is 18.5 Å². The molecule has 0 radical (unpaired) electrons. The molecule has 88 valence electrons. The van der Waals surface area contributed by atoms with Crippen molar-refractivity contribution in [3.05, 3.63) is 23.5 Å². The maximum atomic E-state index is 12.3. The van der Waals surface area contributed by atoms with Crippen molar-refractivity contribution in [3.8, 4) is 0 Å². The van der Waals surface area contributed by atoms with Gasteiger partial charge in [0.05, 0.1) is 0 Å². The number of rotatable bonds is 4. The Kier molecular flexibility index (Phi) is 3.19. The predicted octanol–water partition coefficient (Wildman–Crippen LogP) is 1.91. The summed E-state index contributed by atoms with van der Waals surface area (Å²) in [6.45, 7) is 2.30. The molecule has 2 rings (SSSR count). The molecule has 0 aromatic carbocycles. The first-order valence-electron chi connectivity index (χ1n) is 5.19. The van der Waals surface area contributed by atoms with E-state index < -0.39 is 10.0 Å². The van der Waals surface area contributed by atoms with Gasteiger partial charge in [-0.2, -0.15) is 4.31 Å². The lowest BCUT2D eigenvalue weighted by Gasteiger charge is -2.20. The van der Waals surface area contributed by atoms with Crippen LogP contribution in [0.4, 0.5) is 0 Å². The summed E-state index contributed by atoms with van der Waals surface area (Å²) in [5.74, 6) is 0. The topological polar surface area (TPSA) is 50.3 Å². The van der Waals surface area contributed by atoms with Gasteiger partial charge in [-0.3, -0.25) is 0 Å². The minimum atomic E-state index is -3.48. The molecule has 6 heteroatoms. The van der Waals surface area contributed by atoms with Gasteiger partial charge in [0.15, 0.2) is 0 Å². The van der Waals surface area contributed by atoms with E-state index in [-0.39, 0.29) is 16.1 Å². The Hall–Kier alpha value is -0.650. The fourth-order valence-electron chi connectivity index (χ4n) is 1.68. The molecule has 0 atom stereocenters. The van der Waals surface area contributed by atoms with Crippen LogP contribution >= 0.6 is 11.6 Å². The molecule has 0 spiro atoms. The smallest absolute Gasteiger partial charge is 0.243 e. The number of aromatic nitrogens is 1. The third-order valence-corrected chi connectivity index (χ3v) is 5.05. The van der Waals surface area contributed by atoms with Crippen molar-refractivity contribution in [2.75, 3.05) is 6.54 Å². The van der Waals surface area contributed by atoms with Crippen molar-refractivity contribution in [2.45, 2.75) is 30.7 Å². The van der Waals surface area contributed by atoms with Crippen LogP contribution in [0.5, 0.6) is 0 Å². The molecule has 4 nitrogen and oxygen atoms in total. The Morgan fingerprint density at radius 1 is 1.56 bits per heavy atom. The number of halogens is 1. The number of pyridine rings is 1. The van der Waals surface area contributed by atoms with Crippen LogP contribution in [-0.4, -0.2) is 30.3 Å². The van der Waals surface area contributed by atoms with Crippen molar-refractivity contribution >= 4 is 21.6 Å². The van der Waals surface area contributed by atoms with Crippen LogP contribution in [0.15, 0.2) is 23.2 Å². The standard InChI is InChI=1S/C10H13ClN2O2S/c1-2-13(8-5-6-8)16(14,15)9-4-3-7-12-10(9)11/h3-4,7-8H,2,5-6H2,1H3. The molecule has 0 N–H and O–H groups in total. The highest BCUT2D eigenvalue weighted by Gasteiger charge is 2.37. The largest absolute Gasteiger partial charge is 0.246 e. The highest BCUT2D eigenvalue weighted by molar-refractivity contribution is 7.89. The third-order valence-electron chi connectivity index (χ3n) is 2.58. The van der Waals surface area contributed by atoms with Gasteiger partial charge in [-0.25, -0.2) is 13.4 Å². The quantitative estimate of drug-likeness (QED) is 0.777. The van der Waals surface area contributed by atoms with Gasteiger partial charge in [0.2, 0.25) is 10.0 Å². The summed E-state index contributed by atoms with van der Waals surface area (Å²) in [7, 11) is -3.48. The molecule has 0 bridgehead atoms. The van der Waals surface area contributed by atoms with E-state index in [0.29, 0.717) is 6.54 Å². The molecule has 0 unspecified atom stereocenters. The SMILES string of the molecule is CCN(C1CC1)S(=O)(=O)c1cccnc1Cl. The lowest BCUT2D eigenvalue weighted by Crippen LogP contribution is -2.33. The summed E-state index contributed by atoms with van der Waals surface area (Å²) < 4.78 is 26.0. The highest BCUT2D eigenvalue weighted by atomic mass is 35.5. The molecule has 0 saturated heterocycles. The Morgan fingerprint density at radius 3 is 2.75 bits per heavy atom. The predicted molar refractivity (Wildman–Crippen MR) is 61.8 cm³/mol. The second kappa shape index (κ2) is 4.31. The lowest BCUT2D eigenvalue weighted by molar-refractivity contribution is 0.421. The van der Waals surface area contributed by atoms with Crippen LogP contribution in [0.25, 0.3) is 0 Å². The van der Waals surface area contributed by atoms with Crippen LogP contribution in [0, 0.1) is 0 Å². The molecule has 0 amide bonds. The average molecular weight is 261 g/mol. The minimum Gasteiger partial charge on any atom is -0.243 e. The van der Waals surface area contributed by atoms with E-state index in [4.69, 9.17) is 11.6 Å². The van der Waals surface area contributed by atoms with E-state index in [1.807, 2.05) is 6.92 Å². The minimum absolute atomic E-state index is 0.0431. The number of nitrogens with zero attached hydrogens (tertiary/aromatic N) is 2. The molecule has 1 fully saturated rings. The number of sulfonamides is 1. The third kappa shape index (κ3) is 2.07. The van der Waals surface area contributed by atoms with Gasteiger partial charge in [-0.05, 0) is 25.0 Å². The summed E-state index contributed by atoms with van der Waals surface area (Å²) in [4.78, 5) is 3.90. The molecule has 1 aliphatic rings. The summed E-state index contributed by atoms with van der Waals surface area (Å²) in [5.41, 5.74) is 0. The van der Waals surface area contributed by atoms with E-state index in [1.54, 1.807) is 6.07 Å². The van der Waals surface area contributed by atoms with Gasteiger partial charge in [-0.15, -0.1) is 0 Å². The highest BCUT2D eigenvalue weighted by Crippen LogP contribution is 2.33. The molecule has 1 aromatic rings. The summed E-state index contributed by atoms with van der Waals surface area (Å²) >= 11 is 5.82. The van der Waals surface area contributed by atoms with Crippen molar-refractivity contribution in [3.63, 3.8) is 0 Å². The first-order valence-corrected chi connectivity index (χ1v) is 7.01. The van der Waals surface area contributed by atoms with E-state index >= 15 is 0 Å². The molecule has 16 heavy (non-hydrogen) atoms. The Bertz CT molecular complexity index is 485. The second-order valence-corrected chi connectivity index (χ2v) is 5.95. The van der Waals surface area contributed by atoms with Crippen molar-refractivity contribution in [1.82, 2.24) is 9.29 Å². The van der Waals surface area contributed by atoms with Crippen molar-refractivity contribution < 1.29 is 8.42 Å². The normalized spacial score (nSPS) is 16.7. The van der Waals surface area contributed by atoms with Crippen LogP contribution in [0.2, 0.25) is 5.15 Å². The zero-order chi connectivity index (χ0) is 11.8. The molecule has 0 aliphatic heterocycles. The van der Waals surface area contributed by atoms with E-state index in [9.17, 15) is 8.42 Å². The molecule has 1 aromatic heterocycles. The molecule has 1 heterocycles. The zero-order valence-electron chi connectivity index (χ0n) is 8.93. The zero-order valence-corrected chi connectivity index (χ0v) is 10.5. The molecular formula is C10H13ClN2O2S. The maximum absolute atomic E-state index is 12.3. The average Bonchev–Trinajstić information content (AvgIpc) is 3.03. The number of hydrogen-bond donors (Lipinski definition) is 0. The van der Waals surface area contributed by atoms with Gasteiger partial charge in [0.25, 0.3) is 0 Å². The van der Waals surface area contributed by atoms with Gasteiger partial charge in [0.1, 0.15) is 10.0 Å². The van der Waals surface area contributed by atoms with Crippen LogP contribution in [0.1, 0.15) is 19.8 Å². The molecular weight excluding hydrogens is 248 g/mol. The van der Waals surface area contributed by atoms with Crippen molar-refractivity contribution in [1.29, 1.82) is 0 Å².